The van der Waals surface area contributed by atoms with Gasteiger partial charge in [0.2, 0.25) is 0 Å². The molecule has 0 aromatic heterocycles. The molecule has 0 fully saturated rings. The number of nitrogens with two attached hydrogens (primary N) is 1. The summed E-state index contributed by atoms with van der Waals surface area (Å²) >= 11 is 2.79. The van der Waals surface area contributed by atoms with E-state index >= 15 is 0 Å². The number of halogens is 4. The summed E-state index contributed by atoms with van der Waals surface area (Å²) in [5.41, 5.74) is 6.35. The highest BCUT2D eigenvalue weighted by Crippen LogP contribution is 2.24. The molecule has 2 rings (SSSR count). The van der Waals surface area contributed by atoms with Crippen molar-refractivity contribution in [3.8, 4) is 0 Å². The number of ether oxygens (including phenoxy) is 1. The molecule has 0 radical (unpaired) electrons. The van der Waals surface area contributed by atoms with Crippen LogP contribution < -0.4 is 11.1 Å². The number of rotatable bonds is 2. The number of amides is 1. The van der Waals surface area contributed by atoms with Crippen molar-refractivity contribution in [1.82, 2.24) is 5.32 Å². The van der Waals surface area contributed by atoms with Gasteiger partial charge < -0.3 is 15.8 Å². The SMILES string of the molecule is CC(NC(=O)OC(C)(C)C)c1cc(F)c(Br)c(F)c1.Cc1cc(N)cc(F)c1. The first-order valence-electron chi connectivity index (χ1n) is 8.45. The minimum absolute atomic E-state index is 0.222. The van der Waals surface area contributed by atoms with Crippen molar-refractivity contribution in [2.45, 2.75) is 46.3 Å². The standard InChI is InChI=1S/C13H16BrF2NO2.C7H8FN/c1-7(17-12(18)19-13(2,3)4)8-5-9(15)11(14)10(16)6-8;1-5-2-6(8)4-7(9)3-5/h5-7H,1-4H3,(H,17,18);2-4H,9H2,1H3. The average Bonchev–Trinajstić information content (AvgIpc) is 2.49. The number of benzene rings is 2. The Morgan fingerprint density at radius 3 is 2.07 bits per heavy atom. The molecule has 8 heteroatoms. The third-order valence-electron chi connectivity index (χ3n) is 3.30. The van der Waals surface area contributed by atoms with E-state index in [4.69, 9.17) is 10.5 Å². The van der Waals surface area contributed by atoms with E-state index in [1.54, 1.807) is 40.7 Å². The van der Waals surface area contributed by atoms with Crippen LogP contribution in [-0.4, -0.2) is 11.7 Å². The monoisotopic (exact) mass is 460 g/mol. The van der Waals surface area contributed by atoms with Gasteiger partial charge in [-0.2, -0.15) is 0 Å². The van der Waals surface area contributed by atoms with Crippen molar-refractivity contribution in [3.05, 3.63) is 63.4 Å². The lowest BCUT2D eigenvalue weighted by Gasteiger charge is -2.22. The molecule has 28 heavy (non-hydrogen) atoms. The molecule has 1 amide bonds. The summed E-state index contributed by atoms with van der Waals surface area (Å²) in [4.78, 5) is 11.5. The number of alkyl carbamates (subject to hydrolysis) is 1. The Morgan fingerprint density at radius 1 is 1.11 bits per heavy atom. The number of hydrogen-bond acceptors (Lipinski definition) is 3. The van der Waals surface area contributed by atoms with Crippen LogP contribution in [0.3, 0.4) is 0 Å². The van der Waals surface area contributed by atoms with Gasteiger partial charge in [0, 0.05) is 5.69 Å². The van der Waals surface area contributed by atoms with Crippen molar-refractivity contribution < 1.29 is 22.7 Å². The van der Waals surface area contributed by atoms with Gasteiger partial charge in [0.05, 0.1) is 10.5 Å². The maximum Gasteiger partial charge on any atom is 0.408 e. The summed E-state index contributed by atoms with van der Waals surface area (Å²) in [6.07, 6.45) is -0.635. The number of aryl methyl sites for hydroxylation is 1. The number of anilines is 1. The zero-order valence-electron chi connectivity index (χ0n) is 16.4. The van der Waals surface area contributed by atoms with Crippen molar-refractivity contribution in [2.75, 3.05) is 5.73 Å². The molecular formula is C20H24BrF3N2O2. The van der Waals surface area contributed by atoms with Gasteiger partial charge in [0.15, 0.2) is 0 Å². The van der Waals surface area contributed by atoms with Gasteiger partial charge in [-0.05, 0) is 92.0 Å². The molecule has 0 aliphatic carbocycles. The van der Waals surface area contributed by atoms with E-state index < -0.39 is 29.4 Å². The highest BCUT2D eigenvalue weighted by molar-refractivity contribution is 9.10. The van der Waals surface area contributed by atoms with Crippen LogP contribution in [-0.2, 0) is 4.74 Å². The second kappa shape index (κ2) is 9.82. The van der Waals surface area contributed by atoms with Crippen LogP contribution in [0.1, 0.15) is 44.9 Å². The Labute approximate surface area is 171 Å². The van der Waals surface area contributed by atoms with Crippen LogP contribution in [0.4, 0.5) is 23.7 Å². The normalized spacial score (nSPS) is 11.9. The van der Waals surface area contributed by atoms with E-state index in [0.717, 1.165) is 17.7 Å². The van der Waals surface area contributed by atoms with Gasteiger partial charge in [-0.3, -0.25) is 0 Å². The fourth-order valence-corrected chi connectivity index (χ4v) is 2.39. The van der Waals surface area contributed by atoms with Crippen molar-refractivity contribution in [1.29, 1.82) is 0 Å². The van der Waals surface area contributed by atoms with Gasteiger partial charge in [0.25, 0.3) is 0 Å². The molecule has 0 spiro atoms. The van der Waals surface area contributed by atoms with Gasteiger partial charge >= 0.3 is 6.09 Å². The maximum absolute atomic E-state index is 13.4. The van der Waals surface area contributed by atoms with Crippen LogP contribution >= 0.6 is 15.9 Å². The van der Waals surface area contributed by atoms with E-state index in [1.807, 2.05) is 0 Å². The zero-order valence-corrected chi connectivity index (χ0v) is 18.0. The topological polar surface area (TPSA) is 64.3 Å². The van der Waals surface area contributed by atoms with Crippen molar-refractivity contribution in [3.63, 3.8) is 0 Å². The molecule has 4 nitrogen and oxygen atoms in total. The minimum atomic E-state index is -0.715. The first kappa shape index (κ1) is 23.8. The molecule has 0 saturated heterocycles. The predicted octanol–water partition coefficient (Wildman–Crippen LogP) is 6.03. The van der Waals surface area contributed by atoms with Crippen LogP contribution in [0.25, 0.3) is 0 Å². The average molecular weight is 461 g/mol. The highest BCUT2D eigenvalue weighted by Gasteiger charge is 2.19. The van der Waals surface area contributed by atoms with E-state index in [0.29, 0.717) is 11.3 Å². The molecule has 2 aromatic carbocycles. The van der Waals surface area contributed by atoms with Crippen LogP contribution in [0.5, 0.6) is 0 Å². The third-order valence-corrected chi connectivity index (χ3v) is 4.06. The number of hydrogen-bond donors (Lipinski definition) is 2. The molecule has 1 unspecified atom stereocenters. The van der Waals surface area contributed by atoms with E-state index in [9.17, 15) is 18.0 Å². The fraction of sp³-hybridized carbons (Fsp3) is 0.350. The number of carbonyl (C=O) groups excluding carboxylic acids is 1. The Morgan fingerprint density at radius 2 is 1.64 bits per heavy atom. The summed E-state index contributed by atoms with van der Waals surface area (Å²) in [6, 6.07) is 6.23. The molecule has 154 valence electrons. The Hall–Kier alpha value is -2.22. The molecular weight excluding hydrogens is 437 g/mol. The molecule has 1 atom stereocenters. The minimum Gasteiger partial charge on any atom is -0.444 e. The number of nitrogens with one attached hydrogen (secondary N) is 1. The smallest absolute Gasteiger partial charge is 0.408 e. The number of carbonyl (C=O) groups is 1. The van der Waals surface area contributed by atoms with Crippen LogP contribution in [0, 0.1) is 24.4 Å². The van der Waals surface area contributed by atoms with Crippen LogP contribution in [0.15, 0.2) is 34.8 Å². The molecule has 0 aliphatic rings. The number of nitrogen functional groups attached to an aromatic ring is 1. The van der Waals surface area contributed by atoms with Crippen LogP contribution in [0.2, 0.25) is 0 Å². The summed E-state index contributed by atoms with van der Waals surface area (Å²) < 4.78 is 44.0. The van der Waals surface area contributed by atoms with E-state index in [2.05, 4.69) is 21.2 Å². The molecule has 0 aliphatic heterocycles. The quantitative estimate of drug-likeness (QED) is 0.424. The lowest BCUT2D eigenvalue weighted by molar-refractivity contribution is 0.0507. The van der Waals surface area contributed by atoms with E-state index in [-0.39, 0.29) is 10.3 Å². The lowest BCUT2D eigenvalue weighted by Crippen LogP contribution is -2.34. The fourth-order valence-electron chi connectivity index (χ4n) is 2.16. The lowest BCUT2D eigenvalue weighted by atomic mass is 10.1. The van der Waals surface area contributed by atoms with Crippen molar-refractivity contribution >= 4 is 27.7 Å². The second-order valence-electron chi connectivity index (χ2n) is 7.23. The van der Waals surface area contributed by atoms with Gasteiger partial charge in [0.1, 0.15) is 23.1 Å². The Kier molecular flexibility index (Phi) is 8.35. The zero-order chi connectivity index (χ0) is 21.6. The van der Waals surface area contributed by atoms with Gasteiger partial charge in [-0.15, -0.1) is 0 Å². The molecule has 3 N–H and O–H groups in total. The molecule has 0 heterocycles. The third kappa shape index (κ3) is 8.21. The van der Waals surface area contributed by atoms with Crippen molar-refractivity contribution in [2.24, 2.45) is 0 Å². The van der Waals surface area contributed by atoms with Gasteiger partial charge in [-0.1, -0.05) is 0 Å². The maximum atomic E-state index is 13.4. The first-order valence-corrected chi connectivity index (χ1v) is 9.24. The van der Waals surface area contributed by atoms with E-state index in [1.165, 1.54) is 12.1 Å². The summed E-state index contributed by atoms with van der Waals surface area (Å²) in [7, 11) is 0. The second-order valence-corrected chi connectivity index (χ2v) is 8.02. The molecule has 0 bridgehead atoms. The highest BCUT2D eigenvalue weighted by atomic mass is 79.9. The largest absolute Gasteiger partial charge is 0.444 e. The summed E-state index contributed by atoms with van der Waals surface area (Å²) in [5.74, 6) is -1.70. The van der Waals surface area contributed by atoms with Gasteiger partial charge in [-0.25, -0.2) is 18.0 Å². The first-order chi connectivity index (χ1) is 12.8. The summed E-state index contributed by atoms with van der Waals surface area (Å²) in [6.45, 7) is 8.62. The molecule has 0 saturated carbocycles. The summed E-state index contributed by atoms with van der Waals surface area (Å²) in [5, 5.41) is 2.52. The Balaban J connectivity index is 0.000000362. The molecule has 2 aromatic rings. The Bertz CT molecular complexity index is 765. The predicted molar refractivity (Wildman–Crippen MR) is 107 cm³/mol.